The summed E-state index contributed by atoms with van der Waals surface area (Å²) in [4.78, 5) is 0.829. The second-order valence-corrected chi connectivity index (χ2v) is 8.66. The number of phenolic OH excluding ortho intramolecular Hbond substituents is 1. The monoisotopic (exact) mass is 410 g/mol. The summed E-state index contributed by atoms with van der Waals surface area (Å²) in [6.07, 6.45) is 3.01. The first-order valence-electron chi connectivity index (χ1n) is 9.79. The number of hydrogen-bond donors (Lipinski definition) is 1. The highest BCUT2D eigenvalue weighted by Crippen LogP contribution is 2.27. The second kappa shape index (κ2) is 8.98. The van der Waals surface area contributed by atoms with Crippen molar-refractivity contribution in [1.29, 1.82) is 0 Å². The van der Waals surface area contributed by atoms with E-state index in [-0.39, 0.29) is 0 Å². The fraction of sp³-hybridized carbons (Fsp3) is 0.111. The molecule has 0 heterocycles. The van der Waals surface area contributed by atoms with Crippen LogP contribution in [-0.4, -0.2) is 15.6 Å². The smallest absolute Gasteiger partial charge is 0.119 e. The summed E-state index contributed by atoms with van der Waals surface area (Å²) in [5.41, 5.74) is 4.13. The van der Waals surface area contributed by atoms with Crippen LogP contribution in [0.25, 0.3) is 10.8 Å². The van der Waals surface area contributed by atoms with Crippen LogP contribution in [0.5, 0.6) is 5.75 Å². The molecular weight excluding hydrogens is 388 g/mol. The Hall–Kier alpha value is -3.35. The molecule has 0 saturated carbocycles. The Morgan fingerprint density at radius 2 is 1.60 bits per heavy atom. The first-order chi connectivity index (χ1) is 14.6. The molecule has 0 spiro atoms. The van der Waals surface area contributed by atoms with Crippen LogP contribution < -0.4 is 0 Å². The summed E-state index contributed by atoms with van der Waals surface area (Å²) in [5.74, 6) is 6.78. The number of aromatic hydroxyl groups is 1. The molecule has 3 heteroatoms. The lowest BCUT2D eigenvalue weighted by Gasteiger charge is -2.08. The van der Waals surface area contributed by atoms with Gasteiger partial charge in [0.1, 0.15) is 5.75 Å². The SMILES string of the molecule is CS(=O)c1ccc(CC#Cc2ccc3cc(O)c(Cc4ccccc4)cc3c2)cc1. The van der Waals surface area contributed by atoms with E-state index in [0.717, 1.165) is 32.4 Å². The lowest BCUT2D eigenvalue weighted by Crippen LogP contribution is -1.90. The first-order valence-corrected chi connectivity index (χ1v) is 11.3. The van der Waals surface area contributed by atoms with Gasteiger partial charge in [-0.05, 0) is 63.9 Å². The van der Waals surface area contributed by atoms with Crippen LogP contribution in [0.15, 0.2) is 89.8 Å². The van der Waals surface area contributed by atoms with E-state index in [9.17, 15) is 9.32 Å². The number of hydrogen-bond acceptors (Lipinski definition) is 2. The highest BCUT2D eigenvalue weighted by molar-refractivity contribution is 7.84. The summed E-state index contributed by atoms with van der Waals surface area (Å²) in [6, 6.07) is 27.8. The lowest BCUT2D eigenvalue weighted by atomic mass is 9.99. The third-order valence-corrected chi connectivity index (χ3v) is 5.99. The Bertz CT molecular complexity index is 1260. The van der Waals surface area contributed by atoms with E-state index in [1.807, 2.05) is 66.7 Å². The van der Waals surface area contributed by atoms with Crippen molar-refractivity contribution in [3.05, 3.63) is 107 Å². The van der Waals surface area contributed by atoms with Crippen molar-refractivity contribution in [2.75, 3.05) is 6.26 Å². The van der Waals surface area contributed by atoms with Gasteiger partial charge in [0.05, 0.1) is 0 Å². The van der Waals surface area contributed by atoms with Gasteiger partial charge in [0.15, 0.2) is 0 Å². The molecule has 1 unspecified atom stereocenters. The van der Waals surface area contributed by atoms with E-state index in [4.69, 9.17) is 0 Å². The molecule has 4 rings (SSSR count). The molecule has 0 aromatic heterocycles. The average molecular weight is 411 g/mol. The fourth-order valence-electron chi connectivity index (χ4n) is 3.42. The molecule has 0 aliphatic heterocycles. The van der Waals surface area contributed by atoms with Crippen LogP contribution in [0.4, 0.5) is 0 Å². The van der Waals surface area contributed by atoms with Crippen molar-refractivity contribution in [2.45, 2.75) is 17.7 Å². The van der Waals surface area contributed by atoms with Crippen LogP contribution in [0.3, 0.4) is 0 Å². The van der Waals surface area contributed by atoms with E-state index >= 15 is 0 Å². The molecule has 1 atom stereocenters. The number of fused-ring (bicyclic) bond motifs is 1. The minimum absolute atomic E-state index is 0.321. The van der Waals surface area contributed by atoms with Crippen LogP contribution in [0.2, 0.25) is 0 Å². The van der Waals surface area contributed by atoms with Gasteiger partial charge in [-0.25, -0.2) is 0 Å². The molecule has 2 nitrogen and oxygen atoms in total. The normalized spacial score (nSPS) is 11.6. The Labute approximate surface area is 179 Å². The van der Waals surface area contributed by atoms with Crippen molar-refractivity contribution in [1.82, 2.24) is 0 Å². The molecule has 0 aliphatic rings. The van der Waals surface area contributed by atoms with Gasteiger partial charge in [0.25, 0.3) is 0 Å². The van der Waals surface area contributed by atoms with Gasteiger partial charge in [-0.3, -0.25) is 4.21 Å². The van der Waals surface area contributed by atoms with Gasteiger partial charge in [-0.1, -0.05) is 60.4 Å². The quantitative estimate of drug-likeness (QED) is 0.453. The van der Waals surface area contributed by atoms with Crippen molar-refractivity contribution < 1.29 is 9.32 Å². The van der Waals surface area contributed by atoms with Crippen LogP contribution >= 0.6 is 0 Å². The van der Waals surface area contributed by atoms with Gasteiger partial charge < -0.3 is 5.11 Å². The maximum absolute atomic E-state index is 11.5. The number of rotatable bonds is 4. The number of phenols is 1. The summed E-state index contributed by atoms with van der Waals surface area (Å²) in [6.45, 7) is 0. The largest absolute Gasteiger partial charge is 0.508 e. The third kappa shape index (κ3) is 4.79. The molecule has 0 radical (unpaired) electrons. The second-order valence-electron chi connectivity index (χ2n) is 7.28. The summed E-state index contributed by atoms with van der Waals surface area (Å²) >= 11 is 0. The standard InChI is InChI=1S/C27H22O2S/c1-30(29)26-14-11-20(12-15-26)8-5-9-22-10-13-23-19-27(28)25(18-24(23)16-22)17-21-6-3-2-4-7-21/h2-4,6-7,10-16,18-19,28H,8,17H2,1H3. The summed E-state index contributed by atoms with van der Waals surface area (Å²) in [7, 11) is -0.957. The molecular formula is C27H22O2S. The van der Waals surface area contributed by atoms with Gasteiger partial charge in [0, 0.05) is 40.4 Å². The fourth-order valence-corrected chi connectivity index (χ4v) is 3.93. The molecule has 4 aromatic carbocycles. The number of benzene rings is 4. The van der Waals surface area contributed by atoms with Crippen LogP contribution in [0.1, 0.15) is 22.3 Å². The first kappa shape index (κ1) is 19.9. The topological polar surface area (TPSA) is 37.3 Å². The van der Waals surface area contributed by atoms with Crippen LogP contribution in [-0.2, 0) is 23.6 Å². The maximum atomic E-state index is 11.5. The van der Waals surface area contributed by atoms with Crippen molar-refractivity contribution in [3.8, 4) is 17.6 Å². The molecule has 0 saturated heterocycles. The average Bonchev–Trinajstić information content (AvgIpc) is 2.75. The third-order valence-electron chi connectivity index (χ3n) is 5.06. The van der Waals surface area contributed by atoms with E-state index in [0.29, 0.717) is 18.6 Å². The molecule has 0 fully saturated rings. The zero-order chi connectivity index (χ0) is 20.9. The van der Waals surface area contributed by atoms with Crippen molar-refractivity contribution in [2.24, 2.45) is 0 Å². The Kier molecular flexibility index (Phi) is 5.97. The molecule has 4 aromatic rings. The van der Waals surface area contributed by atoms with Gasteiger partial charge >= 0.3 is 0 Å². The molecule has 30 heavy (non-hydrogen) atoms. The highest BCUT2D eigenvalue weighted by Gasteiger charge is 2.06. The summed E-state index contributed by atoms with van der Waals surface area (Å²) < 4.78 is 11.5. The molecule has 1 N–H and O–H groups in total. The van der Waals surface area contributed by atoms with E-state index in [1.165, 1.54) is 5.56 Å². The molecule has 0 amide bonds. The predicted octanol–water partition coefficient (Wildman–Crippen LogP) is 5.47. The van der Waals surface area contributed by atoms with Crippen LogP contribution in [0, 0.1) is 11.8 Å². The summed E-state index contributed by atoms with van der Waals surface area (Å²) in [5, 5.41) is 12.5. The van der Waals surface area contributed by atoms with Gasteiger partial charge in [-0.15, -0.1) is 0 Å². The minimum atomic E-state index is -0.957. The van der Waals surface area contributed by atoms with Gasteiger partial charge in [0.2, 0.25) is 0 Å². The maximum Gasteiger partial charge on any atom is 0.119 e. The Morgan fingerprint density at radius 3 is 2.33 bits per heavy atom. The van der Waals surface area contributed by atoms with E-state index in [2.05, 4.69) is 30.0 Å². The van der Waals surface area contributed by atoms with Gasteiger partial charge in [-0.2, -0.15) is 0 Å². The zero-order valence-corrected chi connectivity index (χ0v) is 17.6. The predicted molar refractivity (Wildman–Crippen MR) is 124 cm³/mol. The Morgan fingerprint density at radius 1 is 0.833 bits per heavy atom. The molecule has 148 valence electrons. The molecule has 0 aliphatic carbocycles. The lowest BCUT2D eigenvalue weighted by molar-refractivity contribution is 0.470. The Balaban J connectivity index is 1.55. The molecule has 0 bridgehead atoms. The van der Waals surface area contributed by atoms with E-state index < -0.39 is 10.8 Å². The minimum Gasteiger partial charge on any atom is -0.508 e. The van der Waals surface area contributed by atoms with Crippen molar-refractivity contribution >= 4 is 21.6 Å². The van der Waals surface area contributed by atoms with E-state index in [1.54, 1.807) is 6.26 Å². The zero-order valence-electron chi connectivity index (χ0n) is 16.8. The van der Waals surface area contributed by atoms with Crippen molar-refractivity contribution in [3.63, 3.8) is 0 Å². The highest BCUT2D eigenvalue weighted by atomic mass is 32.2.